The molecule has 96 valence electrons. The number of esters is 1. The van der Waals surface area contributed by atoms with Crippen LogP contribution in [0.25, 0.3) is 0 Å². The first kappa shape index (κ1) is 12.8. The van der Waals surface area contributed by atoms with Gasteiger partial charge < -0.3 is 9.47 Å². The van der Waals surface area contributed by atoms with Crippen molar-refractivity contribution in [2.75, 3.05) is 6.61 Å². The molecule has 1 heterocycles. The van der Waals surface area contributed by atoms with Crippen molar-refractivity contribution in [3.8, 4) is 0 Å². The van der Waals surface area contributed by atoms with E-state index in [4.69, 9.17) is 9.47 Å². The van der Waals surface area contributed by atoms with Crippen LogP contribution in [0.1, 0.15) is 31.4 Å². The maximum absolute atomic E-state index is 11.8. The molecule has 18 heavy (non-hydrogen) atoms. The first-order chi connectivity index (χ1) is 8.72. The minimum atomic E-state index is -0.387. The van der Waals surface area contributed by atoms with Gasteiger partial charge in [0.2, 0.25) is 0 Å². The molecule has 0 radical (unpaired) electrons. The summed E-state index contributed by atoms with van der Waals surface area (Å²) in [7, 11) is 0. The summed E-state index contributed by atoms with van der Waals surface area (Å²) in [6.07, 6.45) is -0.205. The van der Waals surface area contributed by atoms with Crippen LogP contribution in [-0.4, -0.2) is 24.5 Å². The number of epoxide rings is 1. The maximum Gasteiger partial charge on any atom is 0.306 e. The van der Waals surface area contributed by atoms with Crippen LogP contribution < -0.4 is 0 Å². The second-order valence-electron chi connectivity index (χ2n) is 4.16. The molecule has 2 atom stereocenters. The average Bonchev–Trinajstić information content (AvgIpc) is 3.18. The predicted molar refractivity (Wildman–Crippen MR) is 64.9 cm³/mol. The van der Waals surface area contributed by atoms with E-state index < -0.39 is 0 Å². The molecule has 0 aliphatic carbocycles. The van der Waals surface area contributed by atoms with Crippen molar-refractivity contribution in [3.63, 3.8) is 0 Å². The molecule has 4 nitrogen and oxygen atoms in total. The molecule has 0 spiro atoms. The molecular weight excluding hydrogens is 232 g/mol. The zero-order chi connectivity index (χ0) is 13.0. The molecule has 0 unspecified atom stereocenters. The third kappa shape index (κ3) is 3.17. The van der Waals surface area contributed by atoms with E-state index in [-0.39, 0.29) is 36.8 Å². The third-order valence-electron chi connectivity index (χ3n) is 2.82. The summed E-state index contributed by atoms with van der Waals surface area (Å²) in [5, 5.41) is 0. The number of Topliss-reactive ketones (excluding diaryl/α,β-unsaturated/α-hetero) is 1. The lowest BCUT2D eigenvalue weighted by molar-refractivity contribution is -0.144. The summed E-state index contributed by atoms with van der Waals surface area (Å²) in [4.78, 5) is 22.9. The molecular formula is C14H16O4. The molecule has 1 aliphatic rings. The Kier molecular flexibility index (Phi) is 4.10. The van der Waals surface area contributed by atoms with Crippen molar-refractivity contribution < 1.29 is 19.1 Å². The summed E-state index contributed by atoms with van der Waals surface area (Å²) in [5.41, 5.74) is 1.01. The Bertz CT molecular complexity index is 427. The normalized spacial score (nSPS) is 21.4. The largest absolute Gasteiger partial charge is 0.466 e. The lowest BCUT2D eigenvalue weighted by atomic mass is 10.1. The number of rotatable bonds is 6. The summed E-state index contributed by atoms with van der Waals surface area (Å²) >= 11 is 0. The van der Waals surface area contributed by atoms with Crippen LogP contribution >= 0.6 is 0 Å². The Morgan fingerprint density at radius 2 is 1.94 bits per heavy atom. The van der Waals surface area contributed by atoms with Gasteiger partial charge in [0.15, 0.2) is 5.78 Å². The van der Waals surface area contributed by atoms with Crippen LogP contribution in [0.15, 0.2) is 30.3 Å². The fourth-order valence-corrected chi connectivity index (χ4v) is 1.85. The van der Waals surface area contributed by atoms with Gasteiger partial charge in [0.05, 0.1) is 13.0 Å². The van der Waals surface area contributed by atoms with E-state index >= 15 is 0 Å². The summed E-state index contributed by atoms with van der Waals surface area (Å²) in [5.74, 6) is -0.361. The molecule has 1 aliphatic heterocycles. The van der Waals surface area contributed by atoms with Crippen molar-refractivity contribution in [3.05, 3.63) is 35.9 Å². The Morgan fingerprint density at radius 3 is 2.61 bits per heavy atom. The fourth-order valence-electron chi connectivity index (χ4n) is 1.85. The Balaban J connectivity index is 1.78. The molecule has 1 saturated heterocycles. The van der Waals surface area contributed by atoms with Gasteiger partial charge in [-0.2, -0.15) is 0 Å². The van der Waals surface area contributed by atoms with Crippen molar-refractivity contribution in [2.45, 2.75) is 32.0 Å². The molecule has 0 aromatic heterocycles. The third-order valence-corrected chi connectivity index (χ3v) is 2.82. The van der Waals surface area contributed by atoms with E-state index in [1.54, 1.807) is 6.92 Å². The van der Waals surface area contributed by atoms with Crippen LogP contribution in [-0.2, 0) is 19.1 Å². The van der Waals surface area contributed by atoms with Crippen LogP contribution in [0.4, 0.5) is 0 Å². The van der Waals surface area contributed by atoms with Gasteiger partial charge in [0.1, 0.15) is 12.2 Å². The summed E-state index contributed by atoms with van der Waals surface area (Å²) < 4.78 is 10.1. The van der Waals surface area contributed by atoms with Gasteiger partial charge in [0.25, 0.3) is 0 Å². The molecule has 0 saturated carbocycles. The van der Waals surface area contributed by atoms with Crippen LogP contribution in [0.3, 0.4) is 0 Å². The van der Waals surface area contributed by atoms with Gasteiger partial charge in [0, 0.05) is 6.42 Å². The van der Waals surface area contributed by atoms with E-state index in [2.05, 4.69) is 0 Å². The number of hydrogen-bond acceptors (Lipinski definition) is 4. The minimum Gasteiger partial charge on any atom is -0.466 e. The van der Waals surface area contributed by atoms with Gasteiger partial charge in [-0.25, -0.2) is 0 Å². The maximum atomic E-state index is 11.8. The molecule has 1 aromatic rings. The van der Waals surface area contributed by atoms with Gasteiger partial charge in [-0.15, -0.1) is 0 Å². The topological polar surface area (TPSA) is 55.9 Å². The minimum absolute atomic E-state index is 0.0306. The molecule has 1 aromatic carbocycles. The fraction of sp³-hybridized carbons (Fsp3) is 0.429. The highest BCUT2D eigenvalue weighted by Gasteiger charge is 2.45. The average molecular weight is 248 g/mol. The molecule has 0 amide bonds. The van der Waals surface area contributed by atoms with Crippen LogP contribution in [0.2, 0.25) is 0 Å². The first-order valence-electron chi connectivity index (χ1n) is 6.11. The standard InChI is InChI=1S/C14H16O4/c1-2-17-12(16)9-8-11(15)14-13(18-14)10-6-4-3-5-7-10/h3-7,13-14H,2,8-9H2,1H3/t13-,14-/m0/s1. The van der Waals surface area contributed by atoms with Crippen LogP contribution in [0.5, 0.6) is 0 Å². The lowest BCUT2D eigenvalue weighted by Gasteiger charge is -1.99. The number of benzene rings is 1. The molecule has 1 fully saturated rings. The SMILES string of the molecule is CCOC(=O)CCC(=O)[C@@H]1O[C@H]1c1ccccc1. The van der Waals surface area contributed by atoms with Gasteiger partial charge >= 0.3 is 5.97 Å². The number of carbonyl (C=O) groups is 2. The highest BCUT2D eigenvalue weighted by atomic mass is 16.6. The van der Waals surface area contributed by atoms with Crippen molar-refractivity contribution in [1.29, 1.82) is 0 Å². The lowest BCUT2D eigenvalue weighted by Crippen LogP contribution is -2.12. The quantitative estimate of drug-likeness (QED) is 0.571. The Morgan fingerprint density at radius 1 is 1.22 bits per heavy atom. The van der Waals surface area contributed by atoms with Gasteiger partial charge in [-0.1, -0.05) is 30.3 Å². The zero-order valence-electron chi connectivity index (χ0n) is 10.3. The number of carbonyl (C=O) groups excluding carboxylic acids is 2. The van der Waals surface area contributed by atoms with Gasteiger partial charge in [-0.05, 0) is 12.5 Å². The Labute approximate surface area is 106 Å². The van der Waals surface area contributed by atoms with Crippen molar-refractivity contribution in [2.24, 2.45) is 0 Å². The van der Waals surface area contributed by atoms with Gasteiger partial charge in [-0.3, -0.25) is 9.59 Å². The predicted octanol–water partition coefficient (Wildman–Crippen LogP) is 2.04. The van der Waals surface area contributed by atoms with E-state index in [0.29, 0.717) is 6.61 Å². The molecule has 2 rings (SSSR count). The van der Waals surface area contributed by atoms with Crippen molar-refractivity contribution in [1.82, 2.24) is 0 Å². The zero-order valence-corrected chi connectivity index (χ0v) is 10.3. The smallest absolute Gasteiger partial charge is 0.306 e. The molecule has 0 N–H and O–H groups in total. The highest BCUT2D eigenvalue weighted by Crippen LogP contribution is 2.39. The van der Waals surface area contributed by atoms with E-state index in [1.165, 1.54) is 0 Å². The Hall–Kier alpha value is -1.68. The van der Waals surface area contributed by atoms with Crippen LogP contribution in [0, 0.1) is 0 Å². The number of hydrogen-bond donors (Lipinski definition) is 0. The number of ketones is 1. The first-order valence-corrected chi connectivity index (χ1v) is 6.11. The van der Waals surface area contributed by atoms with E-state index in [1.807, 2.05) is 30.3 Å². The van der Waals surface area contributed by atoms with Crippen molar-refractivity contribution >= 4 is 11.8 Å². The molecule has 4 heteroatoms. The number of ether oxygens (including phenoxy) is 2. The second-order valence-corrected chi connectivity index (χ2v) is 4.16. The monoisotopic (exact) mass is 248 g/mol. The van der Waals surface area contributed by atoms with E-state index in [9.17, 15) is 9.59 Å². The highest BCUT2D eigenvalue weighted by molar-refractivity contribution is 5.88. The second kappa shape index (κ2) is 5.78. The van der Waals surface area contributed by atoms with E-state index in [0.717, 1.165) is 5.56 Å². The summed E-state index contributed by atoms with van der Waals surface area (Å²) in [6.45, 7) is 2.09. The summed E-state index contributed by atoms with van der Waals surface area (Å²) in [6, 6.07) is 9.62. The molecule has 0 bridgehead atoms.